The Kier molecular flexibility index (Phi) is 6.61. The molecule has 3 N–H and O–H groups in total. The first kappa shape index (κ1) is 16.6. The van der Waals surface area contributed by atoms with Crippen molar-refractivity contribution in [3.8, 4) is 0 Å². The molecule has 0 saturated carbocycles. The van der Waals surface area contributed by atoms with Crippen LogP contribution in [0.2, 0.25) is 0 Å². The Hall–Kier alpha value is -1.46. The lowest BCUT2D eigenvalue weighted by Gasteiger charge is -2.18. The number of nitrogens with two attached hydrogens (primary N) is 1. The van der Waals surface area contributed by atoms with Gasteiger partial charge in [0.2, 0.25) is 5.91 Å². The van der Waals surface area contributed by atoms with Crippen molar-refractivity contribution >= 4 is 23.1 Å². The van der Waals surface area contributed by atoms with Crippen LogP contribution in [0.25, 0.3) is 0 Å². The average Bonchev–Trinajstić information content (AvgIpc) is 2.38. The summed E-state index contributed by atoms with van der Waals surface area (Å²) in [6.45, 7) is 5.12. The van der Waals surface area contributed by atoms with Crippen LogP contribution in [0.4, 0.5) is 0 Å². The maximum absolute atomic E-state index is 11.8. The van der Waals surface area contributed by atoms with E-state index >= 15 is 0 Å². The first-order valence-corrected chi connectivity index (χ1v) is 7.19. The van der Waals surface area contributed by atoms with Crippen molar-refractivity contribution in [2.45, 2.75) is 32.9 Å². The molecule has 0 heterocycles. The van der Waals surface area contributed by atoms with Crippen LogP contribution in [-0.2, 0) is 11.3 Å². The smallest absolute Gasteiger partial charge is 0.234 e. The lowest BCUT2D eigenvalue weighted by Crippen LogP contribution is -2.39. The van der Waals surface area contributed by atoms with Crippen LogP contribution in [-0.4, -0.2) is 35.4 Å². The third-order valence-corrected chi connectivity index (χ3v) is 3.33. The highest BCUT2D eigenvalue weighted by Crippen LogP contribution is 2.07. The van der Waals surface area contributed by atoms with Crippen LogP contribution in [0, 0.1) is 0 Å². The van der Waals surface area contributed by atoms with Gasteiger partial charge in [0.05, 0.1) is 6.54 Å². The van der Waals surface area contributed by atoms with Crippen LogP contribution < -0.4 is 11.1 Å². The van der Waals surface area contributed by atoms with Gasteiger partial charge in [-0.25, -0.2) is 0 Å². The molecule has 1 atom stereocenters. The number of carbonyl (C=O) groups is 1. The van der Waals surface area contributed by atoms with Crippen molar-refractivity contribution in [1.82, 2.24) is 10.2 Å². The van der Waals surface area contributed by atoms with E-state index in [1.54, 1.807) is 0 Å². The largest absolute Gasteiger partial charge is 0.389 e. The summed E-state index contributed by atoms with van der Waals surface area (Å²) >= 11 is 4.97. The number of rotatable bonds is 7. The molecule has 0 aliphatic heterocycles. The summed E-state index contributed by atoms with van der Waals surface area (Å²) in [6.07, 6.45) is 0.936. The molecule has 0 fully saturated rings. The Bertz CT molecular complexity index is 476. The third-order valence-electron chi connectivity index (χ3n) is 3.10. The Labute approximate surface area is 126 Å². The molecule has 110 valence electrons. The highest BCUT2D eigenvalue weighted by molar-refractivity contribution is 7.80. The van der Waals surface area contributed by atoms with E-state index in [1.807, 2.05) is 43.1 Å². The number of nitrogens with one attached hydrogen (secondary N) is 1. The zero-order valence-electron chi connectivity index (χ0n) is 12.3. The zero-order chi connectivity index (χ0) is 15.1. The zero-order valence-corrected chi connectivity index (χ0v) is 13.2. The topological polar surface area (TPSA) is 58.4 Å². The maximum Gasteiger partial charge on any atom is 0.234 e. The van der Waals surface area contributed by atoms with Crippen LogP contribution in [0.5, 0.6) is 0 Å². The van der Waals surface area contributed by atoms with E-state index in [1.165, 1.54) is 0 Å². The summed E-state index contributed by atoms with van der Waals surface area (Å²) in [7, 11) is 1.92. The SMILES string of the molecule is CCC(C)NC(=O)CN(C)Cc1cccc(C(N)=S)c1. The third kappa shape index (κ3) is 5.67. The maximum atomic E-state index is 11.8. The molecule has 0 aliphatic carbocycles. The molecule has 0 radical (unpaired) electrons. The second-order valence-electron chi connectivity index (χ2n) is 5.11. The highest BCUT2D eigenvalue weighted by Gasteiger charge is 2.09. The summed E-state index contributed by atoms with van der Waals surface area (Å²) in [5.74, 6) is 0.0485. The van der Waals surface area contributed by atoms with Gasteiger partial charge >= 0.3 is 0 Å². The molecule has 5 heteroatoms. The molecule has 0 saturated heterocycles. The van der Waals surface area contributed by atoms with Crippen molar-refractivity contribution in [3.63, 3.8) is 0 Å². The van der Waals surface area contributed by atoms with Gasteiger partial charge in [0.25, 0.3) is 0 Å². The summed E-state index contributed by atoms with van der Waals surface area (Å²) in [5.41, 5.74) is 7.57. The number of benzene rings is 1. The van der Waals surface area contributed by atoms with E-state index in [-0.39, 0.29) is 11.9 Å². The van der Waals surface area contributed by atoms with Crippen LogP contribution in [0.1, 0.15) is 31.4 Å². The van der Waals surface area contributed by atoms with Gasteiger partial charge in [-0.05, 0) is 32.0 Å². The first-order valence-electron chi connectivity index (χ1n) is 6.79. The molecule has 1 aromatic rings. The highest BCUT2D eigenvalue weighted by atomic mass is 32.1. The van der Waals surface area contributed by atoms with E-state index in [2.05, 4.69) is 12.2 Å². The molecule has 1 aromatic carbocycles. The van der Waals surface area contributed by atoms with Crippen LogP contribution in [0.3, 0.4) is 0 Å². The molecular formula is C15H23N3OS. The van der Waals surface area contributed by atoms with Crippen molar-refractivity contribution < 1.29 is 4.79 Å². The van der Waals surface area contributed by atoms with E-state index in [4.69, 9.17) is 18.0 Å². The number of hydrogen-bond acceptors (Lipinski definition) is 3. The van der Waals surface area contributed by atoms with Crippen LogP contribution >= 0.6 is 12.2 Å². The molecule has 0 aromatic heterocycles. The summed E-state index contributed by atoms with van der Waals surface area (Å²) < 4.78 is 0. The van der Waals surface area contributed by atoms with E-state index in [0.717, 1.165) is 17.5 Å². The number of nitrogens with zero attached hydrogens (tertiary/aromatic N) is 1. The molecule has 4 nitrogen and oxygen atoms in total. The fourth-order valence-corrected chi connectivity index (χ4v) is 1.99. The monoisotopic (exact) mass is 293 g/mol. The van der Waals surface area contributed by atoms with Crippen molar-refractivity contribution in [3.05, 3.63) is 35.4 Å². The van der Waals surface area contributed by atoms with Gasteiger partial charge in [0.15, 0.2) is 0 Å². The fourth-order valence-electron chi connectivity index (χ4n) is 1.86. The Balaban J connectivity index is 2.53. The van der Waals surface area contributed by atoms with Gasteiger partial charge in [0.1, 0.15) is 4.99 Å². The van der Waals surface area contributed by atoms with Gasteiger partial charge in [-0.15, -0.1) is 0 Å². The lowest BCUT2D eigenvalue weighted by molar-refractivity contribution is -0.122. The molecular weight excluding hydrogens is 270 g/mol. The van der Waals surface area contributed by atoms with E-state index in [9.17, 15) is 4.79 Å². The first-order chi connectivity index (χ1) is 9.42. The molecule has 0 spiro atoms. The summed E-state index contributed by atoms with van der Waals surface area (Å²) in [4.78, 5) is 14.2. The standard InChI is InChI=1S/C15H23N3OS/c1-4-11(2)17-14(19)10-18(3)9-12-6-5-7-13(8-12)15(16)20/h5-8,11H,4,9-10H2,1-3H3,(H2,16,20)(H,17,19). The minimum Gasteiger partial charge on any atom is -0.389 e. The Morgan fingerprint density at radius 2 is 2.20 bits per heavy atom. The minimum absolute atomic E-state index is 0.0485. The number of likely N-dealkylation sites (N-methyl/N-ethyl adjacent to an activating group) is 1. The summed E-state index contributed by atoms with van der Waals surface area (Å²) in [5, 5.41) is 2.95. The van der Waals surface area contributed by atoms with Gasteiger partial charge in [-0.3, -0.25) is 9.69 Å². The Morgan fingerprint density at radius 3 is 2.80 bits per heavy atom. The average molecular weight is 293 g/mol. The predicted octanol–water partition coefficient (Wildman–Crippen LogP) is 1.67. The number of amides is 1. The second-order valence-corrected chi connectivity index (χ2v) is 5.55. The number of hydrogen-bond donors (Lipinski definition) is 2. The second kappa shape index (κ2) is 7.97. The van der Waals surface area contributed by atoms with Crippen molar-refractivity contribution in [2.24, 2.45) is 5.73 Å². The molecule has 20 heavy (non-hydrogen) atoms. The van der Waals surface area contributed by atoms with Gasteiger partial charge in [-0.1, -0.05) is 37.3 Å². The van der Waals surface area contributed by atoms with Gasteiger partial charge < -0.3 is 11.1 Å². The lowest BCUT2D eigenvalue weighted by atomic mass is 10.1. The predicted molar refractivity (Wildman–Crippen MR) is 86.6 cm³/mol. The Morgan fingerprint density at radius 1 is 1.50 bits per heavy atom. The van der Waals surface area contributed by atoms with Crippen LogP contribution in [0.15, 0.2) is 24.3 Å². The molecule has 1 rings (SSSR count). The molecule has 0 bridgehead atoms. The van der Waals surface area contributed by atoms with Crippen molar-refractivity contribution in [2.75, 3.05) is 13.6 Å². The van der Waals surface area contributed by atoms with E-state index in [0.29, 0.717) is 18.1 Å². The van der Waals surface area contributed by atoms with Gasteiger partial charge in [-0.2, -0.15) is 0 Å². The fraction of sp³-hybridized carbons (Fsp3) is 0.467. The van der Waals surface area contributed by atoms with Crippen molar-refractivity contribution in [1.29, 1.82) is 0 Å². The van der Waals surface area contributed by atoms with E-state index < -0.39 is 0 Å². The summed E-state index contributed by atoms with van der Waals surface area (Å²) in [6, 6.07) is 8.00. The minimum atomic E-state index is 0.0485. The number of thiocarbonyl (C=S) groups is 1. The normalized spacial score (nSPS) is 12.2. The van der Waals surface area contributed by atoms with Gasteiger partial charge in [0, 0.05) is 18.2 Å². The molecule has 1 amide bonds. The quantitative estimate of drug-likeness (QED) is 0.751. The number of carbonyl (C=O) groups excluding carboxylic acids is 1. The molecule has 0 aliphatic rings. The molecule has 1 unspecified atom stereocenters.